The molecule has 0 radical (unpaired) electrons. The van der Waals surface area contributed by atoms with Gasteiger partial charge >= 0.3 is 5.97 Å². The second-order valence-electron chi connectivity index (χ2n) is 7.47. The molecule has 0 unspecified atom stereocenters. The predicted molar refractivity (Wildman–Crippen MR) is 125 cm³/mol. The number of hydrogen-bond donors (Lipinski definition) is 3. The third-order valence-electron chi connectivity index (χ3n) is 5.13. The zero-order valence-electron chi connectivity index (χ0n) is 19.3. The summed E-state index contributed by atoms with van der Waals surface area (Å²) in [6, 6.07) is 11.0. The average molecular weight is 519 g/mol. The van der Waals surface area contributed by atoms with Crippen LogP contribution in [0.5, 0.6) is 11.5 Å². The molecule has 1 aliphatic rings. The molecule has 0 aliphatic carbocycles. The fourth-order valence-corrected chi connectivity index (χ4v) is 3.58. The fraction of sp³-hybridized carbons (Fsp3) is 0.261. The summed E-state index contributed by atoms with van der Waals surface area (Å²) in [6.07, 6.45) is -0.229. The average Bonchev–Trinajstić information content (AvgIpc) is 3.25. The lowest BCUT2D eigenvalue weighted by atomic mass is 10.1. The van der Waals surface area contributed by atoms with E-state index in [1.165, 1.54) is 26.4 Å². The van der Waals surface area contributed by atoms with Crippen molar-refractivity contribution >= 4 is 41.2 Å². The molecule has 12 nitrogen and oxygen atoms in total. The maximum atomic E-state index is 12.8. The van der Waals surface area contributed by atoms with Gasteiger partial charge in [0.1, 0.15) is 17.1 Å². The van der Waals surface area contributed by atoms with Crippen LogP contribution in [0.3, 0.4) is 0 Å². The van der Waals surface area contributed by atoms with Crippen LogP contribution in [0.15, 0.2) is 42.5 Å². The minimum absolute atomic E-state index is 0.0804. The number of carbonyl (C=O) groups excluding carboxylic acids is 5. The van der Waals surface area contributed by atoms with Gasteiger partial charge in [-0.25, -0.2) is 0 Å². The lowest BCUT2D eigenvalue weighted by Crippen LogP contribution is -2.44. The predicted octanol–water partition coefficient (Wildman–Crippen LogP) is 0.855. The first-order chi connectivity index (χ1) is 17.2. The highest BCUT2D eigenvalue weighted by Crippen LogP contribution is 2.28. The van der Waals surface area contributed by atoms with Crippen molar-refractivity contribution in [3.8, 4) is 11.5 Å². The molecule has 0 saturated carbocycles. The molecule has 4 amide bonds. The molecule has 1 heterocycles. The summed E-state index contributed by atoms with van der Waals surface area (Å²) in [5, 5.41) is 1.19. The normalized spacial score (nSPS) is 14.6. The Balaban J connectivity index is 1.49. The van der Waals surface area contributed by atoms with E-state index in [1.807, 2.05) is 0 Å². The number of carbonyl (C=O) groups is 5. The van der Waals surface area contributed by atoms with Crippen molar-refractivity contribution in [2.75, 3.05) is 27.4 Å². The first-order valence-electron chi connectivity index (χ1n) is 10.6. The SMILES string of the molecule is COc1cccc(OC)c1C(=O)NN1C[C@@H](C(=O)OCC(=O)NNC(=O)c2ccccc2Cl)CC1=O. The van der Waals surface area contributed by atoms with Gasteiger partial charge in [-0.1, -0.05) is 29.8 Å². The van der Waals surface area contributed by atoms with Gasteiger partial charge in [0.25, 0.3) is 17.7 Å². The van der Waals surface area contributed by atoms with Gasteiger partial charge in [0.05, 0.1) is 37.3 Å². The van der Waals surface area contributed by atoms with Gasteiger partial charge in [-0.3, -0.25) is 45.3 Å². The van der Waals surface area contributed by atoms with Crippen molar-refractivity contribution in [1.29, 1.82) is 0 Å². The summed E-state index contributed by atoms with van der Waals surface area (Å²) < 4.78 is 15.3. The van der Waals surface area contributed by atoms with Crippen LogP contribution in [0.4, 0.5) is 0 Å². The second kappa shape index (κ2) is 11.9. The first kappa shape index (κ1) is 26.3. The van der Waals surface area contributed by atoms with Crippen molar-refractivity contribution in [2.24, 2.45) is 5.92 Å². The van der Waals surface area contributed by atoms with Gasteiger partial charge in [0, 0.05) is 6.42 Å². The minimum atomic E-state index is -0.914. The molecular weight excluding hydrogens is 496 g/mol. The molecule has 1 saturated heterocycles. The van der Waals surface area contributed by atoms with Crippen molar-refractivity contribution in [1.82, 2.24) is 21.3 Å². The fourth-order valence-electron chi connectivity index (χ4n) is 3.36. The zero-order valence-corrected chi connectivity index (χ0v) is 20.1. The van der Waals surface area contributed by atoms with Crippen LogP contribution in [0, 0.1) is 5.92 Å². The summed E-state index contributed by atoms with van der Waals surface area (Å²) in [5.74, 6) is -3.90. The van der Waals surface area contributed by atoms with Gasteiger partial charge in [-0.05, 0) is 24.3 Å². The molecule has 2 aromatic carbocycles. The van der Waals surface area contributed by atoms with Crippen LogP contribution in [-0.2, 0) is 19.1 Å². The molecule has 3 N–H and O–H groups in total. The molecule has 1 fully saturated rings. The summed E-state index contributed by atoms with van der Waals surface area (Å²) in [4.78, 5) is 61.5. The van der Waals surface area contributed by atoms with Crippen molar-refractivity contribution in [3.63, 3.8) is 0 Å². The quantitative estimate of drug-likeness (QED) is 0.343. The van der Waals surface area contributed by atoms with Crippen LogP contribution in [0.2, 0.25) is 5.02 Å². The van der Waals surface area contributed by atoms with Gasteiger partial charge in [-0.2, -0.15) is 0 Å². The van der Waals surface area contributed by atoms with E-state index >= 15 is 0 Å². The highest BCUT2D eigenvalue weighted by atomic mass is 35.5. The number of halogens is 1. The lowest BCUT2D eigenvalue weighted by Gasteiger charge is -2.19. The van der Waals surface area contributed by atoms with Gasteiger partial charge in [0.2, 0.25) is 5.91 Å². The van der Waals surface area contributed by atoms with E-state index < -0.39 is 42.1 Å². The summed E-state index contributed by atoms with van der Waals surface area (Å²) in [6.45, 7) is -0.858. The molecule has 190 valence electrons. The summed E-state index contributed by atoms with van der Waals surface area (Å²) in [7, 11) is 2.77. The number of methoxy groups -OCH3 is 2. The molecule has 0 bridgehead atoms. The third-order valence-corrected chi connectivity index (χ3v) is 5.46. The van der Waals surface area contributed by atoms with Crippen LogP contribution in [-0.4, -0.2) is 62.0 Å². The molecule has 0 aromatic heterocycles. The minimum Gasteiger partial charge on any atom is -0.496 e. The van der Waals surface area contributed by atoms with Crippen LogP contribution in [0.1, 0.15) is 27.1 Å². The maximum Gasteiger partial charge on any atom is 0.311 e. The molecule has 2 aromatic rings. The van der Waals surface area contributed by atoms with E-state index in [4.69, 9.17) is 25.8 Å². The summed E-state index contributed by atoms with van der Waals surface area (Å²) in [5.41, 5.74) is 6.93. The number of nitrogens with zero attached hydrogens (tertiary/aromatic N) is 1. The number of esters is 1. The van der Waals surface area contributed by atoms with E-state index in [0.29, 0.717) is 0 Å². The molecule has 1 atom stereocenters. The molecule has 36 heavy (non-hydrogen) atoms. The van der Waals surface area contributed by atoms with Gasteiger partial charge in [-0.15, -0.1) is 0 Å². The topological polar surface area (TPSA) is 152 Å². The number of rotatable bonds is 8. The number of hydrogen-bond acceptors (Lipinski definition) is 8. The van der Waals surface area contributed by atoms with E-state index in [2.05, 4.69) is 16.3 Å². The monoisotopic (exact) mass is 518 g/mol. The highest BCUT2D eigenvalue weighted by Gasteiger charge is 2.37. The highest BCUT2D eigenvalue weighted by molar-refractivity contribution is 6.33. The van der Waals surface area contributed by atoms with Crippen LogP contribution < -0.4 is 25.8 Å². The Morgan fingerprint density at radius 2 is 1.64 bits per heavy atom. The summed E-state index contributed by atoms with van der Waals surface area (Å²) >= 11 is 5.92. The van der Waals surface area contributed by atoms with Crippen molar-refractivity contribution in [3.05, 3.63) is 58.6 Å². The van der Waals surface area contributed by atoms with E-state index in [-0.39, 0.29) is 40.6 Å². The molecular formula is C23H23ClN4O8. The largest absolute Gasteiger partial charge is 0.496 e. The van der Waals surface area contributed by atoms with Gasteiger partial charge in [0.15, 0.2) is 6.61 Å². The zero-order chi connectivity index (χ0) is 26.2. The lowest BCUT2D eigenvalue weighted by molar-refractivity contribution is -0.152. The Morgan fingerprint density at radius 3 is 2.28 bits per heavy atom. The Bertz CT molecular complexity index is 1170. The second-order valence-corrected chi connectivity index (χ2v) is 7.88. The molecule has 3 rings (SSSR count). The van der Waals surface area contributed by atoms with E-state index in [1.54, 1.807) is 30.3 Å². The Morgan fingerprint density at radius 1 is 0.972 bits per heavy atom. The van der Waals surface area contributed by atoms with Crippen molar-refractivity contribution < 1.29 is 38.2 Å². The smallest absolute Gasteiger partial charge is 0.311 e. The maximum absolute atomic E-state index is 12.8. The van der Waals surface area contributed by atoms with E-state index in [0.717, 1.165) is 5.01 Å². The first-order valence-corrected chi connectivity index (χ1v) is 11.0. The number of hydrazine groups is 2. The Hall–Kier alpha value is -4.32. The number of benzene rings is 2. The van der Waals surface area contributed by atoms with Crippen LogP contribution >= 0.6 is 11.6 Å². The van der Waals surface area contributed by atoms with Gasteiger partial charge < -0.3 is 14.2 Å². The van der Waals surface area contributed by atoms with Crippen LogP contribution in [0.25, 0.3) is 0 Å². The molecule has 13 heteroatoms. The van der Waals surface area contributed by atoms with Crippen molar-refractivity contribution in [2.45, 2.75) is 6.42 Å². The number of amides is 4. The number of ether oxygens (including phenoxy) is 3. The standard InChI is InChI=1S/C23H23ClN4O8/c1-34-16-8-5-9-17(35-2)20(16)22(32)27-28-11-13(10-19(28)30)23(33)36-12-18(29)25-26-21(31)14-6-3-4-7-15(14)24/h3-9,13H,10-12H2,1-2H3,(H,25,29)(H,26,31)(H,27,32)/t13-/m0/s1. The number of nitrogens with one attached hydrogen (secondary N) is 3. The Labute approximate surface area is 210 Å². The Kier molecular flexibility index (Phi) is 8.68. The molecule has 0 spiro atoms. The van der Waals surface area contributed by atoms with E-state index in [9.17, 15) is 24.0 Å². The third kappa shape index (κ3) is 6.21. The molecule has 1 aliphatic heterocycles.